The molecule has 0 unspecified atom stereocenters. The largest absolute Gasteiger partial charge is 0.381 e. The molecule has 0 aromatic rings. The highest BCUT2D eigenvalue weighted by Crippen LogP contribution is 2.24. The predicted molar refractivity (Wildman–Crippen MR) is 242 cm³/mol. The standard InChI is InChI=1S/C6H12.C5H11N.2C5H10O.C5H10.C4H8O.6C3H8/c1-6-4-2-3-5-6;2*1-5-2-3-6-4-5;1-5-3-2-4-6-5;1-5-3-2-4-5;1-4-2-3-5-4;6*1-3-2/h6H,2-5H2,1H3;5-6H,2-4H2,1H3;2*5H,2-4H2,1H3;5H,2-4H2,1H3;4H,2-3H2,1H3;6*3H2,1-2H3/t;3*5-;;4-;;;;;;/m.111.1....../s1. The molecule has 4 aliphatic heterocycles. The zero-order valence-electron chi connectivity index (χ0n) is 40.2. The SMILES string of the molecule is CC1CCC1.CC1CCCC1.CCC.CCC.CCC.CCC.CCC.CCC.C[C@@H]1CCCO1.C[C@@H]1CCNC1.C[C@@H]1CCO1.C[C@@H]1CCOC1. The van der Waals surface area contributed by atoms with Crippen LogP contribution in [0.5, 0.6) is 0 Å². The molecule has 0 aromatic heterocycles. The van der Waals surface area contributed by atoms with E-state index in [4.69, 9.17) is 14.2 Å². The summed E-state index contributed by atoms with van der Waals surface area (Å²) in [6, 6.07) is 0. The molecule has 0 radical (unpaired) electrons. The van der Waals surface area contributed by atoms with Crippen LogP contribution in [0.1, 0.15) is 240 Å². The van der Waals surface area contributed by atoms with Crippen LogP contribution in [0.3, 0.4) is 0 Å². The number of nitrogens with one attached hydrogen (secondary N) is 1. The van der Waals surface area contributed by atoms with E-state index in [1.165, 1.54) is 129 Å². The van der Waals surface area contributed by atoms with Crippen LogP contribution < -0.4 is 5.32 Å². The van der Waals surface area contributed by atoms with Crippen LogP contribution in [0.4, 0.5) is 0 Å². The Morgan fingerprint density at radius 1 is 0.385 bits per heavy atom. The molecule has 4 heterocycles. The lowest BCUT2D eigenvalue weighted by Gasteiger charge is -2.20. The Morgan fingerprint density at radius 2 is 0.769 bits per heavy atom. The Bertz CT molecular complexity index is 416. The van der Waals surface area contributed by atoms with E-state index in [1.54, 1.807) is 0 Å². The predicted octanol–water partition coefficient (Wildman–Crippen LogP) is 16.1. The molecule has 6 rings (SSSR count). The van der Waals surface area contributed by atoms with E-state index >= 15 is 0 Å². The summed E-state index contributed by atoms with van der Waals surface area (Å²) in [5.74, 6) is 3.87. The summed E-state index contributed by atoms with van der Waals surface area (Å²) in [6.45, 7) is 45.3. The van der Waals surface area contributed by atoms with Crippen LogP contribution in [0.2, 0.25) is 0 Å². The van der Waals surface area contributed by atoms with Crippen LogP contribution >= 0.6 is 0 Å². The van der Waals surface area contributed by atoms with E-state index in [0.29, 0.717) is 12.2 Å². The average molecular weight is 748 g/mol. The monoisotopic (exact) mass is 748 g/mol. The Hall–Kier alpha value is -0.160. The second kappa shape index (κ2) is 60.1. The molecule has 324 valence electrons. The fourth-order valence-corrected chi connectivity index (χ4v) is 4.29. The topological polar surface area (TPSA) is 39.7 Å². The van der Waals surface area contributed by atoms with Gasteiger partial charge in [0.05, 0.1) is 12.2 Å². The summed E-state index contributed by atoms with van der Waals surface area (Å²) in [6.07, 6.45) is 25.4. The van der Waals surface area contributed by atoms with E-state index in [1.807, 2.05) is 0 Å². The second-order valence-electron chi connectivity index (χ2n) is 16.0. The minimum atomic E-state index is 0.546. The second-order valence-corrected chi connectivity index (χ2v) is 16.0. The number of hydrogen-bond acceptors (Lipinski definition) is 4. The Morgan fingerprint density at radius 3 is 0.846 bits per heavy atom. The molecule has 0 aromatic carbocycles. The van der Waals surface area contributed by atoms with Crippen LogP contribution in [-0.2, 0) is 14.2 Å². The summed E-state index contributed by atoms with van der Waals surface area (Å²) in [5, 5.41) is 3.27. The molecule has 6 aliphatic rings. The first-order valence-corrected chi connectivity index (χ1v) is 23.4. The van der Waals surface area contributed by atoms with Crippen molar-refractivity contribution in [3.8, 4) is 0 Å². The molecule has 1 N–H and O–H groups in total. The van der Waals surface area contributed by atoms with Crippen molar-refractivity contribution >= 4 is 0 Å². The summed E-state index contributed by atoms with van der Waals surface area (Å²) in [7, 11) is 0. The Balaban J connectivity index is -0.000000113. The fraction of sp³-hybridized carbons (Fsp3) is 1.00. The lowest BCUT2D eigenvalue weighted by molar-refractivity contribution is -0.0375. The molecule has 0 spiro atoms. The van der Waals surface area contributed by atoms with Crippen molar-refractivity contribution in [2.45, 2.75) is 252 Å². The zero-order valence-corrected chi connectivity index (χ0v) is 40.2. The van der Waals surface area contributed by atoms with Gasteiger partial charge in [-0.3, -0.25) is 0 Å². The molecular formula is C48H109NO3. The van der Waals surface area contributed by atoms with E-state index in [-0.39, 0.29) is 0 Å². The van der Waals surface area contributed by atoms with Gasteiger partial charge in [-0.1, -0.05) is 194 Å². The van der Waals surface area contributed by atoms with Crippen molar-refractivity contribution in [2.24, 2.45) is 23.7 Å². The molecular weight excluding hydrogens is 639 g/mol. The minimum absolute atomic E-state index is 0.546. The van der Waals surface area contributed by atoms with Crippen molar-refractivity contribution in [1.82, 2.24) is 5.32 Å². The zero-order chi connectivity index (χ0) is 41.3. The highest BCUT2D eigenvalue weighted by atomic mass is 16.5. The summed E-state index contributed by atoms with van der Waals surface area (Å²) < 4.78 is 15.1. The maximum absolute atomic E-state index is 5.15. The number of rotatable bonds is 0. The minimum Gasteiger partial charge on any atom is -0.381 e. The molecule has 4 nitrogen and oxygen atoms in total. The molecule has 4 saturated heterocycles. The van der Waals surface area contributed by atoms with Gasteiger partial charge in [0.25, 0.3) is 0 Å². The molecule has 52 heavy (non-hydrogen) atoms. The van der Waals surface area contributed by atoms with Gasteiger partial charge in [-0.2, -0.15) is 0 Å². The van der Waals surface area contributed by atoms with Gasteiger partial charge in [-0.15, -0.1) is 0 Å². The molecule has 4 heteroatoms. The first kappa shape index (κ1) is 63.8. The molecule has 6 fully saturated rings. The third kappa shape index (κ3) is 74.9. The quantitative estimate of drug-likeness (QED) is 0.268. The Kier molecular flexibility index (Phi) is 73.7. The van der Waals surface area contributed by atoms with Gasteiger partial charge in [-0.05, 0) is 82.7 Å². The maximum atomic E-state index is 5.15. The summed E-state index contributed by atoms with van der Waals surface area (Å²) in [5.41, 5.74) is 0. The van der Waals surface area contributed by atoms with Crippen molar-refractivity contribution in [2.75, 3.05) is 39.5 Å². The molecule has 2 saturated carbocycles. The first-order valence-electron chi connectivity index (χ1n) is 23.4. The van der Waals surface area contributed by atoms with Gasteiger partial charge in [0.1, 0.15) is 0 Å². The van der Waals surface area contributed by atoms with Gasteiger partial charge in [0.15, 0.2) is 0 Å². The van der Waals surface area contributed by atoms with Gasteiger partial charge in [-0.25, -0.2) is 0 Å². The van der Waals surface area contributed by atoms with Gasteiger partial charge < -0.3 is 19.5 Å². The third-order valence-corrected chi connectivity index (χ3v) is 7.59. The van der Waals surface area contributed by atoms with Crippen LogP contribution in [0.25, 0.3) is 0 Å². The van der Waals surface area contributed by atoms with Crippen molar-refractivity contribution in [3.63, 3.8) is 0 Å². The summed E-state index contributed by atoms with van der Waals surface area (Å²) >= 11 is 0. The van der Waals surface area contributed by atoms with Crippen molar-refractivity contribution < 1.29 is 14.2 Å². The average Bonchev–Trinajstić information content (AvgIpc) is 3.92. The fourth-order valence-electron chi connectivity index (χ4n) is 4.29. The van der Waals surface area contributed by atoms with Crippen LogP contribution in [0.15, 0.2) is 0 Å². The molecule has 0 bridgehead atoms. The van der Waals surface area contributed by atoms with Crippen molar-refractivity contribution in [3.05, 3.63) is 0 Å². The smallest absolute Gasteiger partial charge is 0.0568 e. The van der Waals surface area contributed by atoms with E-state index < -0.39 is 0 Å². The van der Waals surface area contributed by atoms with Gasteiger partial charge in [0, 0.05) is 26.4 Å². The molecule has 4 atom stereocenters. The van der Waals surface area contributed by atoms with Crippen LogP contribution in [-0.4, -0.2) is 51.7 Å². The van der Waals surface area contributed by atoms with Gasteiger partial charge >= 0.3 is 0 Å². The number of ether oxygens (including phenoxy) is 3. The van der Waals surface area contributed by atoms with E-state index in [2.05, 4.69) is 130 Å². The van der Waals surface area contributed by atoms with Crippen LogP contribution in [0, 0.1) is 23.7 Å². The lowest BCUT2D eigenvalue weighted by atomic mass is 9.88. The maximum Gasteiger partial charge on any atom is 0.0568 e. The molecule has 0 amide bonds. The first-order chi connectivity index (χ1) is 24.8. The normalized spacial score (nSPS) is 23.0. The highest BCUT2D eigenvalue weighted by Gasteiger charge is 2.10. The highest BCUT2D eigenvalue weighted by molar-refractivity contribution is 4.65. The lowest BCUT2D eigenvalue weighted by Crippen LogP contribution is -2.22. The number of hydrogen-bond donors (Lipinski definition) is 1. The summed E-state index contributed by atoms with van der Waals surface area (Å²) in [4.78, 5) is 0. The van der Waals surface area contributed by atoms with Crippen molar-refractivity contribution in [1.29, 1.82) is 0 Å². The molecule has 2 aliphatic carbocycles. The van der Waals surface area contributed by atoms with E-state index in [9.17, 15) is 0 Å². The van der Waals surface area contributed by atoms with Gasteiger partial charge in [0.2, 0.25) is 0 Å². The Labute approximate surface area is 334 Å². The van der Waals surface area contributed by atoms with E-state index in [0.717, 1.165) is 50.1 Å². The third-order valence-electron chi connectivity index (χ3n) is 7.59.